The maximum Gasteiger partial charge on any atom is 0.116 e. The molecule has 0 aliphatic heterocycles. The zero-order chi connectivity index (χ0) is 14.8. The highest BCUT2D eigenvalue weighted by atomic mass is 79.9. The summed E-state index contributed by atoms with van der Waals surface area (Å²) in [6.07, 6.45) is 0. The molecule has 21 heavy (non-hydrogen) atoms. The molecule has 104 valence electrons. The normalized spacial score (nSPS) is 12.0. The second-order valence-corrected chi connectivity index (χ2v) is 6.67. The fraction of sp³-hybridized carbons (Fsp3) is 0.125. The molecule has 0 saturated carbocycles. The number of thiazole rings is 1. The molecule has 3 rings (SSSR count). The predicted molar refractivity (Wildman–Crippen MR) is 90.5 cm³/mol. The van der Waals surface area contributed by atoms with Crippen LogP contribution in [0.5, 0.6) is 0 Å². The van der Waals surface area contributed by atoms with E-state index in [1.807, 2.05) is 36.4 Å². The Hall–Kier alpha value is -1.90. The van der Waals surface area contributed by atoms with Crippen LogP contribution in [0.15, 0.2) is 46.9 Å². The lowest BCUT2D eigenvalue weighted by Crippen LogP contribution is -2.07. The first-order chi connectivity index (χ1) is 10.2. The van der Waals surface area contributed by atoms with Crippen LogP contribution in [0.3, 0.4) is 0 Å². The molecule has 0 saturated heterocycles. The van der Waals surface area contributed by atoms with E-state index >= 15 is 0 Å². The molecule has 3 nitrogen and oxygen atoms in total. The van der Waals surface area contributed by atoms with Crippen molar-refractivity contribution in [3.63, 3.8) is 0 Å². The van der Waals surface area contributed by atoms with Gasteiger partial charge in [-0.25, -0.2) is 4.98 Å². The minimum atomic E-state index is 0.0516. The smallest absolute Gasteiger partial charge is 0.116 e. The lowest BCUT2D eigenvalue weighted by molar-refractivity contribution is 0.873. The maximum atomic E-state index is 9.22. The summed E-state index contributed by atoms with van der Waals surface area (Å²) in [5, 5.41) is 13.6. The van der Waals surface area contributed by atoms with Gasteiger partial charge in [0.1, 0.15) is 11.1 Å². The molecule has 0 bridgehead atoms. The van der Waals surface area contributed by atoms with Crippen molar-refractivity contribution >= 4 is 43.2 Å². The second-order valence-electron chi connectivity index (χ2n) is 4.69. The zero-order valence-corrected chi connectivity index (χ0v) is 13.7. The maximum absolute atomic E-state index is 9.22. The first-order valence-corrected chi connectivity index (χ1v) is 8.10. The van der Waals surface area contributed by atoms with E-state index in [4.69, 9.17) is 0 Å². The van der Waals surface area contributed by atoms with Crippen molar-refractivity contribution in [1.29, 1.82) is 5.26 Å². The summed E-state index contributed by atoms with van der Waals surface area (Å²) >= 11 is 5.06. The number of anilines is 1. The highest BCUT2D eigenvalue weighted by molar-refractivity contribution is 9.10. The Morgan fingerprint density at radius 1 is 1.29 bits per heavy atom. The zero-order valence-electron chi connectivity index (χ0n) is 11.3. The predicted octanol–water partition coefficient (Wildman–Crippen LogP) is 5.10. The molecule has 0 radical (unpaired) electrons. The van der Waals surface area contributed by atoms with Crippen LogP contribution in [0.25, 0.3) is 10.2 Å². The third-order valence-corrected chi connectivity index (χ3v) is 4.87. The number of hydrogen-bond acceptors (Lipinski definition) is 4. The molecule has 5 heteroatoms. The molecule has 1 heterocycles. The van der Waals surface area contributed by atoms with Crippen molar-refractivity contribution in [2.24, 2.45) is 0 Å². The Morgan fingerprint density at radius 2 is 2.10 bits per heavy atom. The number of halogens is 1. The largest absolute Gasteiger partial charge is 0.375 e. The van der Waals surface area contributed by atoms with Gasteiger partial charge >= 0.3 is 0 Å². The summed E-state index contributed by atoms with van der Waals surface area (Å²) in [4.78, 5) is 4.65. The van der Waals surface area contributed by atoms with Crippen molar-refractivity contribution in [2.75, 3.05) is 5.32 Å². The molecule has 0 aliphatic carbocycles. The van der Waals surface area contributed by atoms with E-state index in [9.17, 15) is 5.26 Å². The number of nitrogens with zero attached hydrogens (tertiary/aromatic N) is 2. The van der Waals surface area contributed by atoms with Gasteiger partial charge in [-0.3, -0.25) is 0 Å². The Balaban J connectivity index is 1.89. The summed E-state index contributed by atoms with van der Waals surface area (Å²) in [7, 11) is 0. The highest BCUT2D eigenvalue weighted by Crippen LogP contribution is 2.29. The fourth-order valence-electron chi connectivity index (χ4n) is 2.11. The van der Waals surface area contributed by atoms with Gasteiger partial charge in [-0.05, 0) is 37.3 Å². The van der Waals surface area contributed by atoms with E-state index in [1.165, 1.54) is 4.70 Å². The number of benzene rings is 2. The Labute approximate surface area is 135 Å². The number of para-hydroxylation sites is 1. The van der Waals surface area contributed by atoms with Crippen LogP contribution in [-0.4, -0.2) is 4.98 Å². The minimum absolute atomic E-state index is 0.0516. The third kappa shape index (κ3) is 2.92. The van der Waals surface area contributed by atoms with Gasteiger partial charge in [0.2, 0.25) is 0 Å². The van der Waals surface area contributed by atoms with E-state index in [2.05, 4.69) is 45.3 Å². The van der Waals surface area contributed by atoms with Crippen LogP contribution in [0.4, 0.5) is 5.69 Å². The highest BCUT2D eigenvalue weighted by Gasteiger charge is 2.13. The molecule has 1 N–H and O–H groups in total. The Kier molecular flexibility index (Phi) is 3.91. The first kappa shape index (κ1) is 14.1. The van der Waals surface area contributed by atoms with Crippen LogP contribution in [0.2, 0.25) is 0 Å². The Bertz CT molecular complexity index is 802. The van der Waals surface area contributed by atoms with Gasteiger partial charge in [-0.2, -0.15) is 5.26 Å². The lowest BCUT2D eigenvalue weighted by atomic mass is 10.2. The van der Waals surface area contributed by atoms with Crippen LogP contribution in [0.1, 0.15) is 23.5 Å². The van der Waals surface area contributed by atoms with E-state index in [1.54, 1.807) is 11.3 Å². The molecule has 1 unspecified atom stereocenters. The van der Waals surface area contributed by atoms with Crippen molar-refractivity contribution in [1.82, 2.24) is 4.98 Å². The van der Waals surface area contributed by atoms with Crippen LogP contribution < -0.4 is 5.32 Å². The van der Waals surface area contributed by atoms with Crippen molar-refractivity contribution < 1.29 is 0 Å². The first-order valence-electron chi connectivity index (χ1n) is 6.49. The molecule has 1 aromatic heterocycles. The monoisotopic (exact) mass is 357 g/mol. The molecule has 0 fully saturated rings. The van der Waals surface area contributed by atoms with Crippen LogP contribution in [0, 0.1) is 11.3 Å². The van der Waals surface area contributed by atoms with E-state index in [-0.39, 0.29) is 6.04 Å². The van der Waals surface area contributed by atoms with E-state index < -0.39 is 0 Å². The molecular formula is C16H12BrN3S. The van der Waals surface area contributed by atoms with E-state index in [0.29, 0.717) is 5.56 Å². The number of hydrogen-bond donors (Lipinski definition) is 1. The summed E-state index contributed by atoms with van der Waals surface area (Å²) in [5.74, 6) is 0. The number of rotatable bonds is 3. The van der Waals surface area contributed by atoms with Gasteiger partial charge in [0.15, 0.2) is 0 Å². The molecule has 2 aromatic carbocycles. The molecule has 0 spiro atoms. The number of nitrogens with one attached hydrogen (secondary N) is 1. The summed E-state index contributed by atoms with van der Waals surface area (Å²) in [6, 6.07) is 16.0. The minimum Gasteiger partial charge on any atom is -0.375 e. The molecule has 3 aromatic rings. The third-order valence-electron chi connectivity index (χ3n) is 3.15. The Morgan fingerprint density at radius 3 is 2.86 bits per heavy atom. The van der Waals surface area contributed by atoms with Crippen molar-refractivity contribution in [3.05, 3.63) is 57.5 Å². The average molecular weight is 358 g/mol. The quantitative estimate of drug-likeness (QED) is 0.708. The lowest BCUT2D eigenvalue weighted by Gasteiger charge is -2.14. The summed E-state index contributed by atoms with van der Waals surface area (Å²) in [6.45, 7) is 2.06. The molecule has 0 amide bonds. The van der Waals surface area contributed by atoms with Crippen molar-refractivity contribution in [2.45, 2.75) is 13.0 Å². The number of nitriles is 1. The summed E-state index contributed by atoms with van der Waals surface area (Å²) in [5.41, 5.74) is 2.47. The van der Waals surface area contributed by atoms with Crippen LogP contribution in [-0.2, 0) is 0 Å². The molecular weight excluding hydrogens is 346 g/mol. The average Bonchev–Trinajstić information content (AvgIpc) is 2.93. The SMILES string of the molecule is CC(Nc1ccc(Br)cc1C#N)c1nc2ccccc2s1. The molecule has 1 atom stereocenters. The van der Waals surface area contributed by atoms with Gasteiger partial charge < -0.3 is 5.32 Å². The van der Waals surface area contributed by atoms with Crippen molar-refractivity contribution in [3.8, 4) is 6.07 Å². The van der Waals surface area contributed by atoms with Gasteiger partial charge in [0.25, 0.3) is 0 Å². The fourth-order valence-corrected chi connectivity index (χ4v) is 3.44. The van der Waals surface area contributed by atoms with Crippen LogP contribution >= 0.6 is 27.3 Å². The topological polar surface area (TPSA) is 48.7 Å². The van der Waals surface area contributed by atoms with E-state index in [0.717, 1.165) is 20.7 Å². The standard InChI is InChI=1S/C16H12BrN3S/c1-10(16-20-14-4-2-3-5-15(14)21-16)19-13-7-6-12(17)8-11(13)9-18/h2-8,10,19H,1H3. The summed E-state index contributed by atoms with van der Waals surface area (Å²) < 4.78 is 2.08. The van der Waals surface area contributed by atoms with Gasteiger partial charge in [0.05, 0.1) is 27.5 Å². The van der Waals surface area contributed by atoms with Gasteiger partial charge in [-0.1, -0.05) is 28.1 Å². The van der Waals surface area contributed by atoms with Gasteiger partial charge in [-0.15, -0.1) is 11.3 Å². The van der Waals surface area contributed by atoms with Gasteiger partial charge in [0, 0.05) is 4.47 Å². The second kappa shape index (κ2) is 5.84. The molecule has 0 aliphatic rings. The number of aromatic nitrogens is 1. The number of fused-ring (bicyclic) bond motifs is 1.